The summed E-state index contributed by atoms with van der Waals surface area (Å²) in [5.74, 6) is -0.718. The summed E-state index contributed by atoms with van der Waals surface area (Å²) in [5, 5.41) is 2.92. The van der Waals surface area contributed by atoms with Crippen LogP contribution in [-0.2, 0) is 14.8 Å². The summed E-state index contributed by atoms with van der Waals surface area (Å²) in [6.45, 7) is 4.32. The molecule has 10 heteroatoms. The van der Waals surface area contributed by atoms with E-state index in [1.54, 1.807) is 30.0 Å². The number of nitrogens with one attached hydrogen (secondary N) is 1. The van der Waals surface area contributed by atoms with Gasteiger partial charge in [-0.2, -0.15) is 4.31 Å². The number of morpholine rings is 1. The molecule has 4 rings (SSSR count). The van der Waals surface area contributed by atoms with Crippen LogP contribution in [0.25, 0.3) is 0 Å². The number of hydrogen-bond donors (Lipinski definition) is 1. The molecule has 0 radical (unpaired) electrons. The molecule has 2 amide bonds. The number of amides is 2. The van der Waals surface area contributed by atoms with Crippen LogP contribution >= 0.6 is 11.6 Å². The zero-order chi connectivity index (χ0) is 23.6. The van der Waals surface area contributed by atoms with Crippen LogP contribution in [0.4, 0.5) is 5.69 Å². The first-order valence-corrected chi connectivity index (χ1v) is 12.7. The smallest absolute Gasteiger partial charge is 0.257 e. The Morgan fingerprint density at radius 2 is 1.70 bits per heavy atom. The minimum atomic E-state index is -3.79. The van der Waals surface area contributed by atoms with Crippen LogP contribution in [0.1, 0.15) is 39.1 Å². The molecule has 2 fully saturated rings. The van der Waals surface area contributed by atoms with Gasteiger partial charge in [-0.1, -0.05) is 23.7 Å². The SMILES string of the molecule is Cc1cccc(C(=O)N2CCCC2)c1NC(=O)c1cc(S(=O)(=O)N2CCOCC2)ccc1Cl. The van der Waals surface area contributed by atoms with Crippen LogP contribution in [0.3, 0.4) is 0 Å². The Kier molecular flexibility index (Phi) is 7.04. The van der Waals surface area contributed by atoms with Crippen LogP contribution in [-0.4, -0.2) is 68.8 Å². The summed E-state index contributed by atoms with van der Waals surface area (Å²) in [4.78, 5) is 28.0. The highest BCUT2D eigenvalue weighted by Gasteiger charge is 2.28. The first-order chi connectivity index (χ1) is 15.8. The second-order valence-electron chi connectivity index (χ2n) is 8.11. The van der Waals surface area contributed by atoms with Crippen molar-refractivity contribution in [2.45, 2.75) is 24.7 Å². The number of para-hydroxylation sites is 1. The van der Waals surface area contributed by atoms with E-state index >= 15 is 0 Å². The topological polar surface area (TPSA) is 96.0 Å². The highest BCUT2D eigenvalue weighted by molar-refractivity contribution is 7.89. The standard InChI is InChI=1S/C23H26ClN3O5S/c1-16-5-4-6-18(23(29)26-9-2-3-10-26)21(16)25-22(28)19-15-17(7-8-20(19)24)33(30,31)27-11-13-32-14-12-27/h4-8,15H,2-3,9-14H2,1H3,(H,25,28). The van der Waals surface area contributed by atoms with E-state index in [9.17, 15) is 18.0 Å². The lowest BCUT2D eigenvalue weighted by atomic mass is 10.1. The number of hydrogen-bond acceptors (Lipinski definition) is 5. The first-order valence-electron chi connectivity index (χ1n) is 10.9. The summed E-state index contributed by atoms with van der Waals surface area (Å²) in [6, 6.07) is 9.33. The van der Waals surface area contributed by atoms with E-state index in [1.165, 1.54) is 22.5 Å². The minimum Gasteiger partial charge on any atom is -0.379 e. The summed E-state index contributed by atoms with van der Waals surface area (Å²) < 4.78 is 32.6. The molecule has 0 aliphatic carbocycles. The molecule has 0 spiro atoms. The Bertz CT molecular complexity index is 1170. The normalized spacial score (nSPS) is 17.2. The van der Waals surface area contributed by atoms with Gasteiger partial charge in [-0.25, -0.2) is 8.42 Å². The van der Waals surface area contributed by atoms with E-state index < -0.39 is 15.9 Å². The number of carbonyl (C=O) groups excluding carboxylic acids is 2. The summed E-state index contributed by atoms with van der Waals surface area (Å²) in [5.41, 5.74) is 1.55. The monoisotopic (exact) mass is 491 g/mol. The molecule has 176 valence electrons. The Morgan fingerprint density at radius 3 is 2.39 bits per heavy atom. The largest absolute Gasteiger partial charge is 0.379 e. The lowest BCUT2D eigenvalue weighted by molar-refractivity contribution is 0.0730. The summed E-state index contributed by atoms with van der Waals surface area (Å²) in [7, 11) is -3.79. The van der Waals surface area contributed by atoms with Crippen molar-refractivity contribution in [3.8, 4) is 0 Å². The van der Waals surface area contributed by atoms with Gasteiger partial charge >= 0.3 is 0 Å². The lowest BCUT2D eigenvalue weighted by Crippen LogP contribution is -2.40. The van der Waals surface area contributed by atoms with Crippen LogP contribution in [0, 0.1) is 6.92 Å². The van der Waals surface area contributed by atoms with Crippen molar-refractivity contribution in [2.75, 3.05) is 44.7 Å². The van der Waals surface area contributed by atoms with Gasteiger partial charge in [0.15, 0.2) is 0 Å². The maximum absolute atomic E-state index is 13.2. The van der Waals surface area contributed by atoms with Gasteiger partial charge in [0.1, 0.15) is 0 Å². The molecule has 0 bridgehead atoms. The Balaban J connectivity index is 1.63. The zero-order valence-electron chi connectivity index (χ0n) is 18.3. The first kappa shape index (κ1) is 23.7. The molecule has 0 aromatic heterocycles. The van der Waals surface area contributed by atoms with Crippen LogP contribution in [0.5, 0.6) is 0 Å². The highest BCUT2D eigenvalue weighted by Crippen LogP contribution is 2.28. The van der Waals surface area contributed by atoms with Crippen molar-refractivity contribution < 1.29 is 22.7 Å². The van der Waals surface area contributed by atoms with Crippen molar-refractivity contribution in [3.63, 3.8) is 0 Å². The molecule has 2 heterocycles. The van der Waals surface area contributed by atoms with Crippen molar-refractivity contribution >= 4 is 39.1 Å². The number of anilines is 1. The van der Waals surface area contributed by atoms with Gasteiger partial charge in [0.05, 0.1) is 39.9 Å². The number of aryl methyl sites for hydroxylation is 1. The second kappa shape index (κ2) is 9.80. The van der Waals surface area contributed by atoms with Crippen molar-refractivity contribution in [1.29, 1.82) is 0 Å². The van der Waals surface area contributed by atoms with Crippen LogP contribution < -0.4 is 5.32 Å². The fourth-order valence-corrected chi connectivity index (χ4v) is 5.70. The minimum absolute atomic E-state index is 0.0166. The van der Waals surface area contributed by atoms with E-state index in [0.29, 0.717) is 37.6 Å². The van der Waals surface area contributed by atoms with Gasteiger partial charge in [-0.15, -0.1) is 0 Å². The summed E-state index contributed by atoms with van der Waals surface area (Å²) >= 11 is 6.27. The number of likely N-dealkylation sites (tertiary alicyclic amines) is 1. The molecule has 2 saturated heterocycles. The maximum atomic E-state index is 13.2. The van der Waals surface area contributed by atoms with Crippen molar-refractivity contribution in [3.05, 3.63) is 58.1 Å². The summed E-state index contributed by atoms with van der Waals surface area (Å²) in [6.07, 6.45) is 1.92. The van der Waals surface area contributed by atoms with Crippen molar-refractivity contribution in [1.82, 2.24) is 9.21 Å². The molecule has 2 aromatic rings. The predicted octanol–water partition coefficient (Wildman–Crippen LogP) is 3.16. The van der Waals surface area contributed by atoms with E-state index in [1.807, 2.05) is 0 Å². The molecule has 2 aliphatic rings. The van der Waals surface area contributed by atoms with E-state index in [2.05, 4.69) is 5.32 Å². The third-order valence-corrected chi connectivity index (χ3v) is 8.15. The molecule has 2 aliphatic heterocycles. The molecular formula is C23H26ClN3O5S. The van der Waals surface area contributed by atoms with Gasteiger partial charge < -0.3 is 15.0 Å². The Labute approximate surface area is 198 Å². The molecular weight excluding hydrogens is 466 g/mol. The van der Waals surface area contributed by atoms with Gasteiger partial charge in [-0.05, 0) is 49.6 Å². The van der Waals surface area contributed by atoms with Crippen LogP contribution in [0.2, 0.25) is 5.02 Å². The number of nitrogens with zero attached hydrogens (tertiary/aromatic N) is 2. The second-order valence-corrected chi connectivity index (χ2v) is 10.5. The number of benzene rings is 2. The van der Waals surface area contributed by atoms with E-state index in [0.717, 1.165) is 18.4 Å². The fraction of sp³-hybridized carbons (Fsp3) is 0.391. The van der Waals surface area contributed by atoms with Gasteiger partial charge in [0, 0.05) is 26.2 Å². The quantitative estimate of drug-likeness (QED) is 0.693. The Morgan fingerprint density at radius 1 is 1.00 bits per heavy atom. The van der Waals surface area contributed by atoms with Crippen LogP contribution in [0.15, 0.2) is 41.3 Å². The van der Waals surface area contributed by atoms with Gasteiger partial charge in [-0.3, -0.25) is 9.59 Å². The number of halogens is 1. The average Bonchev–Trinajstić information content (AvgIpc) is 3.35. The molecule has 8 nitrogen and oxygen atoms in total. The maximum Gasteiger partial charge on any atom is 0.257 e. The van der Waals surface area contributed by atoms with Crippen molar-refractivity contribution in [2.24, 2.45) is 0 Å². The third-order valence-electron chi connectivity index (χ3n) is 5.93. The van der Waals surface area contributed by atoms with Gasteiger partial charge in [0.2, 0.25) is 10.0 Å². The molecule has 1 N–H and O–H groups in total. The number of carbonyl (C=O) groups is 2. The third kappa shape index (κ3) is 4.91. The number of sulfonamides is 1. The molecule has 0 saturated carbocycles. The highest BCUT2D eigenvalue weighted by atomic mass is 35.5. The van der Waals surface area contributed by atoms with E-state index in [-0.39, 0.29) is 34.5 Å². The Hall–Kier alpha value is -2.46. The average molecular weight is 492 g/mol. The lowest BCUT2D eigenvalue weighted by Gasteiger charge is -2.26. The predicted molar refractivity (Wildman–Crippen MR) is 125 cm³/mol. The fourth-order valence-electron chi connectivity index (χ4n) is 4.06. The molecule has 2 aromatic carbocycles. The number of rotatable bonds is 5. The van der Waals surface area contributed by atoms with E-state index in [4.69, 9.17) is 16.3 Å². The number of ether oxygens (including phenoxy) is 1. The zero-order valence-corrected chi connectivity index (χ0v) is 19.9. The molecule has 0 atom stereocenters. The van der Waals surface area contributed by atoms with Gasteiger partial charge in [0.25, 0.3) is 11.8 Å². The molecule has 33 heavy (non-hydrogen) atoms. The molecule has 0 unspecified atom stereocenters.